The predicted octanol–water partition coefficient (Wildman–Crippen LogP) is 8.05. The molecular weight excluding hydrogens is 803 g/mol. The number of aryl methyl sites for hydroxylation is 2. The first-order chi connectivity index (χ1) is 25.1. The van der Waals surface area contributed by atoms with Crippen molar-refractivity contribution in [2.24, 2.45) is 0 Å². The summed E-state index contributed by atoms with van der Waals surface area (Å²) in [5.41, 5.74) is 14.2. The molecule has 2 heterocycles. The molecular formula is C48H34Cl2S2Zr. The first-order valence-corrected chi connectivity index (χ1v) is 22.1. The summed E-state index contributed by atoms with van der Waals surface area (Å²) in [5, 5.41) is 5.17. The Balaban J connectivity index is 0.00000200. The molecule has 2 aliphatic carbocycles. The molecule has 0 radical (unpaired) electrons. The largest absolute Gasteiger partial charge is 1.00 e. The van der Waals surface area contributed by atoms with Crippen molar-refractivity contribution in [2.75, 3.05) is 0 Å². The maximum atomic E-state index is 2.57. The number of fused-ring (bicyclic) bond motifs is 4. The van der Waals surface area contributed by atoms with Crippen molar-refractivity contribution in [1.82, 2.24) is 0 Å². The number of benzene rings is 6. The van der Waals surface area contributed by atoms with Gasteiger partial charge in [0.05, 0.1) is 0 Å². The van der Waals surface area contributed by atoms with Crippen molar-refractivity contribution in [3.63, 3.8) is 0 Å². The van der Waals surface area contributed by atoms with Crippen molar-refractivity contribution in [3.8, 4) is 22.3 Å². The molecule has 0 N–H and O–H groups in total. The molecule has 0 amide bonds. The van der Waals surface area contributed by atoms with Gasteiger partial charge >= 0.3 is 321 Å². The normalized spacial score (nSPS) is 15.6. The first-order valence-electron chi connectivity index (χ1n) is 17.6. The molecule has 5 heteroatoms. The summed E-state index contributed by atoms with van der Waals surface area (Å²) in [7, 11) is 0. The Bertz CT molecular complexity index is 2540. The van der Waals surface area contributed by atoms with E-state index in [1.165, 1.54) is 96.7 Å². The van der Waals surface area contributed by atoms with Crippen LogP contribution in [0, 0.1) is 13.8 Å². The summed E-state index contributed by atoms with van der Waals surface area (Å²) in [6.07, 6.45) is 5.13. The number of rotatable bonds is 6. The molecule has 256 valence electrons. The molecule has 0 fully saturated rings. The smallest absolute Gasteiger partial charge is 1.00 e. The van der Waals surface area contributed by atoms with Gasteiger partial charge in [-0.15, -0.1) is 0 Å². The van der Waals surface area contributed by atoms with E-state index in [1.54, 1.807) is 0 Å². The molecule has 0 saturated heterocycles. The Labute approximate surface area is 343 Å². The Morgan fingerprint density at radius 2 is 0.868 bits per heavy atom. The predicted molar refractivity (Wildman–Crippen MR) is 218 cm³/mol. The van der Waals surface area contributed by atoms with Gasteiger partial charge in [-0.2, -0.15) is 0 Å². The van der Waals surface area contributed by atoms with Crippen molar-refractivity contribution in [2.45, 2.75) is 21.1 Å². The van der Waals surface area contributed by atoms with Gasteiger partial charge in [-0.1, -0.05) is 0 Å². The number of allylic oxidation sites excluding steroid dienone is 2. The minimum atomic E-state index is -1.21. The first kappa shape index (κ1) is 36.2. The van der Waals surface area contributed by atoms with E-state index in [-0.39, 0.29) is 24.8 Å². The Morgan fingerprint density at radius 1 is 0.434 bits per heavy atom. The van der Waals surface area contributed by atoms with E-state index in [2.05, 4.69) is 172 Å². The molecule has 8 aromatic rings. The van der Waals surface area contributed by atoms with E-state index in [4.69, 9.17) is 0 Å². The van der Waals surface area contributed by atoms with Crippen LogP contribution in [0.25, 0.3) is 67.1 Å². The SMILES string of the molecule is Cc1ccc(C2=Cc3c(-c4ccc5ccccc5c4)cccc3[CH]2[Zr+2][CH]2C(c3ccc(C)s3)=Cc3c(-c4ccc5ccccc5c4)cccc32)s1.[Cl-].[Cl-]. The zero-order valence-electron chi connectivity index (χ0n) is 29.2. The number of hydrogen-bond acceptors (Lipinski definition) is 2. The third kappa shape index (κ3) is 6.45. The fourth-order valence-corrected chi connectivity index (χ4v) is 15.5. The van der Waals surface area contributed by atoms with Gasteiger partial charge in [-0.05, 0) is 0 Å². The van der Waals surface area contributed by atoms with Gasteiger partial charge in [0.15, 0.2) is 0 Å². The Morgan fingerprint density at radius 3 is 1.28 bits per heavy atom. The molecule has 2 aromatic heterocycles. The van der Waals surface area contributed by atoms with Gasteiger partial charge in [0.25, 0.3) is 0 Å². The van der Waals surface area contributed by atoms with Crippen LogP contribution in [0.2, 0.25) is 0 Å². The summed E-state index contributed by atoms with van der Waals surface area (Å²) >= 11 is 2.70. The monoisotopic (exact) mass is 834 g/mol. The van der Waals surface area contributed by atoms with E-state index in [1.807, 2.05) is 22.7 Å². The Kier molecular flexibility index (Phi) is 10.1. The van der Waals surface area contributed by atoms with Crippen LogP contribution in [0.5, 0.6) is 0 Å². The van der Waals surface area contributed by atoms with Crippen molar-refractivity contribution >= 4 is 67.5 Å². The van der Waals surface area contributed by atoms with Crippen LogP contribution >= 0.6 is 22.7 Å². The van der Waals surface area contributed by atoms with Crippen molar-refractivity contribution in [3.05, 3.63) is 187 Å². The van der Waals surface area contributed by atoms with E-state index >= 15 is 0 Å². The summed E-state index contributed by atoms with van der Waals surface area (Å²) in [4.78, 5) is 5.61. The van der Waals surface area contributed by atoms with Gasteiger partial charge in [-0.3, -0.25) is 0 Å². The van der Waals surface area contributed by atoms with Gasteiger partial charge in [0, 0.05) is 0 Å². The van der Waals surface area contributed by atoms with E-state index in [9.17, 15) is 0 Å². The summed E-state index contributed by atoms with van der Waals surface area (Å²) in [5.74, 6) is 0. The summed E-state index contributed by atoms with van der Waals surface area (Å²) in [6, 6.07) is 54.9. The molecule has 0 nitrogen and oxygen atoms in total. The summed E-state index contributed by atoms with van der Waals surface area (Å²) < 4.78 is 0.901. The second-order valence-corrected chi connectivity index (χ2v) is 20.0. The number of halogens is 2. The fourth-order valence-electron chi connectivity index (χ4n) is 8.15. The van der Waals surface area contributed by atoms with Crippen LogP contribution in [0.4, 0.5) is 0 Å². The second-order valence-electron chi connectivity index (χ2n) is 13.8. The van der Waals surface area contributed by atoms with Crippen molar-refractivity contribution in [1.29, 1.82) is 0 Å². The number of hydrogen-bond donors (Lipinski definition) is 0. The molecule has 0 bridgehead atoms. The molecule has 10 rings (SSSR count). The fraction of sp³-hybridized carbons (Fsp3) is 0.0833. The van der Waals surface area contributed by atoms with Crippen LogP contribution in [0.1, 0.15) is 49.0 Å². The van der Waals surface area contributed by atoms with Gasteiger partial charge in [-0.25, -0.2) is 0 Å². The molecule has 2 aliphatic rings. The van der Waals surface area contributed by atoms with Crippen LogP contribution in [-0.4, -0.2) is 0 Å². The average molecular weight is 837 g/mol. The van der Waals surface area contributed by atoms with Gasteiger partial charge in [0.1, 0.15) is 0 Å². The van der Waals surface area contributed by atoms with E-state index in [0.717, 1.165) is 0 Å². The zero-order chi connectivity index (χ0) is 34.1. The standard InChI is InChI=1S/2C24H17S.2ClH.Zr/c2*1-16-9-12-24(25-16)21-14-19-7-4-8-22(23(19)15-21)20-11-10-17-5-2-3-6-18(17)13-20;;;/h2*2-15H,1H3;2*1H;/q;;;;+2/p-2. The van der Waals surface area contributed by atoms with Gasteiger partial charge < -0.3 is 24.8 Å². The maximum absolute atomic E-state index is 2.57. The van der Waals surface area contributed by atoms with Crippen LogP contribution in [0.3, 0.4) is 0 Å². The molecule has 0 spiro atoms. The van der Waals surface area contributed by atoms with Crippen LogP contribution in [0.15, 0.2) is 146 Å². The van der Waals surface area contributed by atoms with Crippen LogP contribution in [-0.2, 0) is 23.2 Å². The van der Waals surface area contributed by atoms with E-state index in [0.29, 0.717) is 7.25 Å². The molecule has 0 saturated carbocycles. The molecule has 0 aliphatic heterocycles. The third-order valence-corrected chi connectivity index (χ3v) is 17.4. The van der Waals surface area contributed by atoms with Crippen LogP contribution < -0.4 is 24.8 Å². The maximum Gasteiger partial charge on any atom is -1.00 e. The van der Waals surface area contributed by atoms with E-state index < -0.39 is 23.2 Å². The quantitative estimate of drug-likeness (QED) is 0.159. The topological polar surface area (TPSA) is 0 Å². The minimum absolute atomic E-state index is 0. The molecule has 53 heavy (non-hydrogen) atoms. The molecule has 2 unspecified atom stereocenters. The average Bonchev–Trinajstić information content (AvgIpc) is 3.97. The molecule has 6 aromatic carbocycles. The Hall–Kier alpha value is -3.82. The third-order valence-electron chi connectivity index (χ3n) is 10.6. The van der Waals surface area contributed by atoms with Crippen molar-refractivity contribution < 1.29 is 48.0 Å². The zero-order valence-corrected chi connectivity index (χ0v) is 34.8. The second kappa shape index (κ2) is 14.8. The minimum Gasteiger partial charge on any atom is -1.00 e. The number of thiophene rings is 2. The van der Waals surface area contributed by atoms with Gasteiger partial charge in [0.2, 0.25) is 0 Å². The molecule has 2 atom stereocenters. The summed E-state index contributed by atoms with van der Waals surface area (Å²) in [6.45, 7) is 4.49.